The highest BCUT2D eigenvalue weighted by molar-refractivity contribution is 7.89. The molecule has 1 fully saturated rings. The Balaban J connectivity index is 1.51. The lowest BCUT2D eigenvalue weighted by molar-refractivity contribution is -0.123. The SMILES string of the molecule is Cc1c(Cl)cccc1NC(=O)[C@H]1CCCN(S(=O)(=O)c2ccc3c(c2)NC(=O)[C@H](C)O3)C1. The van der Waals surface area contributed by atoms with Crippen LogP contribution in [0.3, 0.4) is 0 Å². The molecule has 2 aliphatic rings. The number of benzene rings is 2. The Hall–Kier alpha value is -2.62. The van der Waals surface area contributed by atoms with Crippen LogP contribution < -0.4 is 15.4 Å². The molecular formula is C22H24ClN3O5S. The molecule has 8 nitrogen and oxygen atoms in total. The van der Waals surface area contributed by atoms with Crippen LogP contribution in [-0.4, -0.2) is 43.7 Å². The molecule has 2 aromatic carbocycles. The zero-order valence-corrected chi connectivity index (χ0v) is 19.3. The molecular weight excluding hydrogens is 454 g/mol. The molecule has 32 heavy (non-hydrogen) atoms. The minimum Gasteiger partial charge on any atom is -0.479 e. The molecule has 2 aromatic rings. The largest absolute Gasteiger partial charge is 0.479 e. The van der Waals surface area contributed by atoms with Gasteiger partial charge in [0, 0.05) is 23.8 Å². The summed E-state index contributed by atoms with van der Waals surface area (Å²) in [6.45, 7) is 3.83. The molecule has 170 valence electrons. The van der Waals surface area contributed by atoms with Crippen LogP contribution in [0.2, 0.25) is 5.02 Å². The number of piperidine rings is 1. The monoisotopic (exact) mass is 477 g/mol. The number of amides is 2. The van der Waals surface area contributed by atoms with Crippen molar-refractivity contribution in [3.63, 3.8) is 0 Å². The first-order chi connectivity index (χ1) is 15.2. The molecule has 2 aliphatic heterocycles. The predicted molar refractivity (Wildman–Crippen MR) is 121 cm³/mol. The number of halogens is 1. The van der Waals surface area contributed by atoms with Crippen LogP contribution in [0.5, 0.6) is 5.75 Å². The lowest BCUT2D eigenvalue weighted by Crippen LogP contribution is -2.43. The Labute approximate surface area is 191 Å². The number of hydrogen-bond acceptors (Lipinski definition) is 5. The zero-order valence-electron chi connectivity index (χ0n) is 17.7. The Bertz CT molecular complexity index is 1180. The first-order valence-electron chi connectivity index (χ1n) is 10.3. The van der Waals surface area contributed by atoms with Gasteiger partial charge in [0.05, 0.1) is 16.5 Å². The third-order valence-corrected chi connectivity index (χ3v) is 8.07. The van der Waals surface area contributed by atoms with E-state index in [0.717, 1.165) is 5.56 Å². The number of carbonyl (C=O) groups is 2. The van der Waals surface area contributed by atoms with Crippen molar-refractivity contribution in [2.75, 3.05) is 23.7 Å². The van der Waals surface area contributed by atoms with E-state index in [1.54, 1.807) is 25.1 Å². The summed E-state index contributed by atoms with van der Waals surface area (Å²) in [7, 11) is -3.86. The van der Waals surface area contributed by atoms with Crippen molar-refractivity contribution in [3.05, 3.63) is 47.0 Å². The van der Waals surface area contributed by atoms with Crippen molar-refractivity contribution in [1.82, 2.24) is 4.31 Å². The van der Waals surface area contributed by atoms with Crippen molar-refractivity contribution >= 4 is 44.8 Å². The van der Waals surface area contributed by atoms with E-state index in [1.807, 2.05) is 6.92 Å². The second kappa shape index (κ2) is 8.73. The van der Waals surface area contributed by atoms with Crippen molar-refractivity contribution < 1.29 is 22.7 Å². The number of hydrogen-bond donors (Lipinski definition) is 2. The van der Waals surface area contributed by atoms with Gasteiger partial charge in [0.15, 0.2) is 6.10 Å². The van der Waals surface area contributed by atoms with Crippen LogP contribution in [-0.2, 0) is 19.6 Å². The van der Waals surface area contributed by atoms with Crippen LogP contribution >= 0.6 is 11.6 Å². The number of fused-ring (bicyclic) bond motifs is 1. The van der Waals surface area contributed by atoms with Gasteiger partial charge in [-0.05, 0) is 62.6 Å². The van der Waals surface area contributed by atoms with Gasteiger partial charge < -0.3 is 15.4 Å². The van der Waals surface area contributed by atoms with E-state index in [4.69, 9.17) is 16.3 Å². The molecule has 2 atom stereocenters. The average Bonchev–Trinajstić information content (AvgIpc) is 2.77. The van der Waals surface area contributed by atoms with Gasteiger partial charge in [0.1, 0.15) is 5.75 Å². The van der Waals surface area contributed by atoms with E-state index < -0.39 is 22.0 Å². The lowest BCUT2D eigenvalue weighted by Gasteiger charge is -2.31. The standard InChI is InChI=1S/C22H24ClN3O5S/c1-13-17(23)6-3-7-18(13)24-22(28)15-5-4-10-26(12-15)32(29,30)16-8-9-20-19(11-16)25-21(27)14(2)31-20/h3,6-9,11,14-15H,4-5,10,12H2,1-2H3,(H,24,28)(H,25,27)/t14-,15-/m0/s1. The third-order valence-electron chi connectivity index (χ3n) is 5.80. The number of ether oxygens (including phenoxy) is 1. The maximum absolute atomic E-state index is 13.3. The fourth-order valence-electron chi connectivity index (χ4n) is 3.85. The van der Waals surface area contributed by atoms with Crippen molar-refractivity contribution in [2.45, 2.75) is 37.7 Å². The van der Waals surface area contributed by atoms with Crippen molar-refractivity contribution in [2.24, 2.45) is 5.92 Å². The summed E-state index contributed by atoms with van der Waals surface area (Å²) in [5.41, 5.74) is 1.69. The zero-order chi connectivity index (χ0) is 23.0. The summed E-state index contributed by atoms with van der Waals surface area (Å²) in [4.78, 5) is 24.8. The molecule has 0 spiro atoms. The lowest BCUT2D eigenvalue weighted by atomic mass is 9.98. The van der Waals surface area contributed by atoms with Gasteiger partial charge in [-0.25, -0.2) is 8.42 Å². The topological polar surface area (TPSA) is 105 Å². The molecule has 2 N–H and O–H groups in total. The summed E-state index contributed by atoms with van der Waals surface area (Å²) in [6.07, 6.45) is 0.506. The normalized spacial score (nSPS) is 21.3. The molecule has 4 rings (SSSR count). The Morgan fingerprint density at radius 2 is 2.06 bits per heavy atom. The van der Waals surface area contributed by atoms with Gasteiger partial charge in [0.2, 0.25) is 15.9 Å². The first kappa shape index (κ1) is 22.6. The smallest absolute Gasteiger partial charge is 0.265 e. The van der Waals surface area contributed by atoms with E-state index in [-0.39, 0.29) is 23.3 Å². The van der Waals surface area contributed by atoms with Crippen LogP contribution in [0.15, 0.2) is 41.3 Å². The van der Waals surface area contributed by atoms with Gasteiger partial charge in [-0.1, -0.05) is 17.7 Å². The second-order valence-electron chi connectivity index (χ2n) is 8.01. The van der Waals surface area contributed by atoms with Gasteiger partial charge in [-0.2, -0.15) is 4.31 Å². The van der Waals surface area contributed by atoms with Crippen molar-refractivity contribution in [1.29, 1.82) is 0 Å². The highest BCUT2D eigenvalue weighted by atomic mass is 35.5. The number of nitrogens with one attached hydrogen (secondary N) is 2. The van der Waals surface area contributed by atoms with Gasteiger partial charge in [0.25, 0.3) is 5.91 Å². The highest BCUT2D eigenvalue weighted by Crippen LogP contribution is 2.34. The second-order valence-corrected chi connectivity index (χ2v) is 10.4. The number of sulfonamides is 1. The third kappa shape index (κ3) is 4.32. The molecule has 2 heterocycles. The van der Waals surface area contributed by atoms with Crippen LogP contribution in [0.4, 0.5) is 11.4 Å². The number of rotatable bonds is 4. The average molecular weight is 478 g/mol. The van der Waals surface area contributed by atoms with E-state index in [2.05, 4.69) is 10.6 Å². The molecule has 0 unspecified atom stereocenters. The number of nitrogens with zero attached hydrogens (tertiary/aromatic N) is 1. The Morgan fingerprint density at radius 3 is 2.84 bits per heavy atom. The van der Waals surface area contributed by atoms with Crippen LogP contribution in [0.25, 0.3) is 0 Å². The summed E-state index contributed by atoms with van der Waals surface area (Å²) >= 11 is 6.13. The fraction of sp³-hybridized carbons (Fsp3) is 0.364. The summed E-state index contributed by atoms with van der Waals surface area (Å²) in [5, 5.41) is 6.09. The highest BCUT2D eigenvalue weighted by Gasteiger charge is 2.34. The van der Waals surface area contributed by atoms with Gasteiger partial charge in [-0.15, -0.1) is 0 Å². The Kier molecular flexibility index (Phi) is 6.15. The van der Waals surface area contributed by atoms with E-state index in [9.17, 15) is 18.0 Å². The quantitative estimate of drug-likeness (QED) is 0.702. The number of anilines is 2. The van der Waals surface area contributed by atoms with E-state index in [1.165, 1.54) is 22.5 Å². The molecule has 1 saturated heterocycles. The van der Waals surface area contributed by atoms with E-state index in [0.29, 0.717) is 41.5 Å². The summed E-state index contributed by atoms with van der Waals surface area (Å²) in [5.74, 6) is -0.643. The van der Waals surface area contributed by atoms with Crippen LogP contribution in [0, 0.1) is 12.8 Å². The molecule has 2 amide bonds. The van der Waals surface area contributed by atoms with Crippen LogP contribution in [0.1, 0.15) is 25.3 Å². The first-order valence-corrected chi connectivity index (χ1v) is 12.2. The minimum absolute atomic E-state index is 0.0430. The maximum atomic E-state index is 13.3. The number of carbonyl (C=O) groups excluding carboxylic acids is 2. The Morgan fingerprint density at radius 1 is 1.28 bits per heavy atom. The molecule has 0 aliphatic carbocycles. The van der Waals surface area contributed by atoms with E-state index >= 15 is 0 Å². The molecule has 0 aromatic heterocycles. The maximum Gasteiger partial charge on any atom is 0.265 e. The van der Waals surface area contributed by atoms with Gasteiger partial charge in [-0.3, -0.25) is 9.59 Å². The van der Waals surface area contributed by atoms with Gasteiger partial charge >= 0.3 is 0 Å². The molecule has 0 radical (unpaired) electrons. The molecule has 0 bridgehead atoms. The summed E-state index contributed by atoms with van der Waals surface area (Å²) in [6, 6.07) is 9.65. The molecule has 10 heteroatoms. The minimum atomic E-state index is -3.86. The molecule has 0 saturated carbocycles. The predicted octanol–water partition coefficient (Wildman–Crippen LogP) is 3.41. The van der Waals surface area contributed by atoms with Crippen molar-refractivity contribution in [3.8, 4) is 5.75 Å². The summed E-state index contributed by atoms with van der Waals surface area (Å²) < 4.78 is 33.4. The fourth-order valence-corrected chi connectivity index (χ4v) is 5.57.